The number of anilines is 2. The van der Waals surface area contributed by atoms with Crippen LogP contribution in [-0.4, -0.2) is 17.1 Å². The van der Waals surface area contributed by atoms with Crippen LogP contribution >= 0.6 is 0 Å². The topological polar surface area (TPSA) is 73.6 Å². The lowest BCUT2D eigenvalue weighted by atomic mass is 9.95. The largest absolute Gasteiger partial charge is 0.487 e. The standard InChI is InChI=1S/C31H27N2O3/c1-2-36-26-15-10-22(11-16-26)7-6-21-8-13-25(14-9-21)33-29-5-3-4-27(29)28-19-23(12-17-30(28)33)18-24(20-32)31(34)35/h2,6-19,27,29H,3-5H2,1H3,(H,34,35)/b7-6?,24-18+. The fourth-order valence-corrected chi connectivity index (χ4v) is 5.34. The molecule has 2 aliphatic rings. The molecule has 3 aromatic rings. The minimum atomic E-state index is -1.20. The summed E-state index contributed by atoms with van der Waals surface area (Å²) < 4.78 is 5.39. The van der Waals surface area contributed by atoms with E-state index in [0.29, 0.717) is 12.0 Å². The van der Waals surface area contributed by atoms with Crippen LogP contribution in [0, 0.1) is 17.9 Å². The van der Waals surface area contributed by atoms with Crippen LogP contribution in [0.2, 0.25) is 0 Å². The Morgan fingerprint density at radius 2 is 1.67 bits per heavy atom. The average molecular weight is 476 g/mol. The van der Waals surface area contributed by atoms with Gasteiger partial charge in [-0.25, -0.2) is 4.79 Å². The first-order valence-electron chi connectivity index (χ1n) is 12.2. The Labute approximate surface area is 211 Å². The van der Waals surface area contributed by atoms with Gasteiger partial charge in [-0.05, 0) is 84.5 Å². The molecule has 1 N–H and O–H groups in total. The van der Waals surface area contributed by atoms with E-state index in [2.05, 4.69) is 53.5 Å². The van der Waals surface area contributed by atoms with Crippen molar-refractivity contribution in [2.24, 2.45) is 0 Å². The summed E-state index contributed by atoms with van der Waals surface area (Å²) in [6, 6.07) is 24.8. The zero-order chi connectivity index (χ0) is 25.1. The molecule has 0 amide bonds. The molecule has 179 valence electrons. The number of rotatable bonds is 7. The SMILES string of the molecule is C[CH]Oc1ccc(C=Cc2ccc(N3c4ccc(/C=C(\C#N)C(=O)O)cc4C4CCCC43)cc2)cc1. The molecule has 5 rings (SSSR count). The molecule has 5 heteroatoms. The fraction of sp³-hybridized carbons (Fsp3) is 0.194. The summed E-state index contributed by atoms with van der Waals surface area (Å²) in [7, 11) is 0. The van der Waals surface area contributed by atoms with Crippen LogP contribution in [0.5, 0.6) is 5.75 Å². The van der Waals surface area contributed by atoms with Crippen molar-refractivity contribution in [1.82, 2.24) is 0 Å². The molecule has 0 saturated heterocycles. The van der Waals surface area contributed by atoms with Crippen molar-refractivity contribution in [2.75, 3.05) is 4.90 Å². The highest BCUT2D eigenvalue weighted by Gasteiger charge is 2.42. The minimum absolute atomic E-state index is 0.250. The summed E-state index contributed by atoms with van der Waals surface area (Å²) in [5.41, 5.74) is 6.31. The number of hydrogen-bond acceptors (Lipinski definition) is 4. The first-order valence-corrected chi connectivity index (χ1v) is 12.2. The third-order valence-corrected chi connectivity index (χ3v) is 6.96. The van der Waals surface area contributed by atoms with Gasteiger partial charge in [0.25, 0.3) is 0 Å². The molecular weight excluding hydrogens is 448 g/mol. The van der Waals surface area contributed by atoms with E-state index in [0.717, 1.165) is 41.0 Å². The first kappa shape index (κ1) is 23.4. The number of carboxylic acid groups (broad SMARTS) is 1. The quantitative estimate of drug-likeness (QED) is 0.222. The van der Waals surface area contributed by atoms with Crippen LogP contribution in [-0.2, 0) is 4.79 Å². The van der Waals surface area contributed by atoms with Crippen molar-refractivity contribution >= 4 is 35.6 Å². The number of hydrogen-bond donors (Lipinski definition) is 1. The molecule has 2 atom stereocenters. The molecule has 1 aliphatic heterocycles. The van der Waals surface area contributed by atoms with Crippen molar-refractivity contribution < 1.29 is 14.6 Å². The summed E-state index contributed by atoms with van der Waals surface area (Å²) in [6.45, 7) is 3.52. The Balaban J connectivity index is 1.38. The van der Waals surface area contributed by atoms with E-state index in [4.69, 9.17) is 10.00 Å². The molecular formula is C31H27N2O3. The van der Waals surface area contributed by atoms with Gasteiger partial charge >= 0.3 is 5.97 Å². The number of nitriles is 1. The van der Waals surface area contributed by atoms with Crippen LogP contribution in [0.3, 0.4) is 0 Å². The van der Waals surface area contributed by atoms with Gasteiger partial charge in [0.1, 0.15) is 24.0 Å². The third-order valence-electron chi connectivity index (χ3n) is 6.96. The number of aliphatic carboxylic acids is 1. The Bertz CT molecular complexity index is 1360. The monoisotopic (exact) mass is 475 g/mol. The Morgan fingerprint density at radius 3 is 2.31 bits per heavy atom. The van der Waals surface area contributed by atoms with E-state index < -0.39 is 5.97 Å². The maximum Gasteiger partial charge on any atom is 0.346 e. The van der Waals surface area contributed by atoms with Gasteiger partial charge in [0, 0.05) is 23.3 Å². The molecule has 1 fully saturated rings. The van der Waals surface area contributed by atoms with Gasteiger partial charge in [0.05, 0.1) is 0 Å². The van der Waals surface area contributed by atoms with Crippen molar-refractivity contribution in [2.45, 2.75) is 38.1 Å². The van der Waals surface area contributed by atoms with E-state index >= 15 is 0 Å². The highest BCUT2D eigenvalue weighted by atomic mass is 16.5. The predicted octanol–water partition coefficient (Wildman–Crippen LogP) is 7.20. The molecule has 1 saturated carbocycles. The number of nitrogens with zero attached hydrogens (tertiary/aromatic N) is 2. The molecule has 0 aromatic heterocycles. The van der Waals surface area contributed by atoms with Gasteiger partial charge in [-0.1, -0.05) is 48.9 Å². The van der Waals surface area contributed by atoms with Gasteiger partial charge < -0.3 is 14.7 Å². The second-order valence-electron chi connectivity index (χ2n) is 9.12. The van der Waals surface area contributed by atoms with E-state index in [1.165, 1.54) is 23.7 Å². The van der Waals surface area contributed by atoms with Crippen molar-refractivity contribution in [1.29, 1.82) is 5.26 Å². The molecule has 3 aromatic carbocycles. The van der Waals surface area contributed by atoms with Crippen LogP contribution in [0.1, 0.15) is 54.4 Å². The van der Waals surface area contributed by atoms with E-state index in [9.17, 15) is 9.90 Å². The van der Waals surface area contributed by atoms with E-state index in [1.54, 1.807) is 12.7 Å². The highest BCUT2D eigenvalue weighted by Crippen LogP contribution is 2.52. The van der Waals surface area contributed by atoms with Crippen LogP contribution < -0.4 is 9.64 Å². The van der Waals surface area contributed by atoms with Gasteiger partial charge in [-0.3, -0.25) is 0 Å². The lowest BCUT2D eigenvalue weighted by molar-refractivity contribution is -0.132. The van der Waals surface area contributed by atoms with Crippen molar-refractivity contribution in [3.8, 4) is 11.8 Å². The third kappa shape index (κ3) is 4.63. The first-order chi connectivity index (χ1) is 17.6. The zero-order valence-corrected chi connectivity index (χ0v) is 20.1. The number of fused-ring (bicyclic) bond motifs is 3. The van der Waals surface area contributed by atoms with Gasteiger partial charge in [0.15, 0.2) is 0 Å². The molecule has 36 heavy (non-hydrogen) atoms. The Hall–Kier alpha value is -4.30. The second kappa shape index (κ2) is 10.1. The fourth-order valence-electron chi connectivity index (χ4n) is 5.34. The van der Waals surface area contributed by atoms with Crippen molar-refractivity contribution in [3.05, 3.63) is 101 Å². The predicted molar refractivity (Wildman–Crippen MR) is 143 cm³/mol. The molecule has 5 nitrogen and oxygen atoms in total. The molecule has 0 bridgehead atoms. The summed E-state index contributed by atoms with van der Waals surface area (Å²) >= 11 is 0. The van der Waals surface area contributed by atoms with E-state index in [-0.39, 0.29) is 5.57 Å². The molecule has 1 aliphatic carbocycles. The van der Waals surface area contributed by atoms with Crippen LogP contribution in [0.4, 0.5) is 11.4 Å². The summed E-state index contributed by atoms with van der Waals surface area (Å²) in [5, 5.41) is 18.3. The van der Waals surface area contributed by atoms with Crippen LogP contribution in [0.25, 0.3) is 18.2 Å². The van der Waals surface area contributed by atoms with E-state index in [1.807, 2.05) is 37.3 Å². The van der Waals surface area contributed by atoms with Gasteiger partial charge in [0.2, 0.25) is 0 Å². The highest BCUT2D eigenvalue weighted by molar-refractivity contribution is 5.96. The molecule has 1 radical (unpaired) electrons. The molecule has 0 spiro atoms. The Morgan fingerprint density at radius 1 is 1.00 bits per heavy atom. The number of carbonyl (C=O) groups is 1. The Kier molecular flexibility index (Phi) is 6.60. The normalized spacial score (nSPS) is 18.7. The summed E-state index contributed by atoms with van der Waals surface area (Å²) in [4.78, 5) is 13.7. The maximum atomic E-state index is 11.3. The minimum Gasteiger partial charge on any atom is -0.487 e. The lowest BCUT2D eigenvalue weighted by Crippen LogP contribution is -2.26. The smallest absolute Gasteiger partial charge is 0.346 e. The number of benzene rings is 3. The summed E-state index contributed by atoms with van der Waals surface area (Å²) in [6.07, 6.45) is 9.07. The molecule has 2 unspecified atom stereocenters. The number of carboxylic acids is 1. The maximum absolute atomic E-state index is 11.3. The van der Waals surface area contributed by atoms with Gasteiger partial charge in [-0.15, -0.1) is 0 Å². The second-order valence-corrected chi connectivity index (χ2v) is 9.12. The lowest BCUT2D eigenvalue weighted by Gasteiger charge is -2.27. The van der Waals surface area contributed by atoms with Gasteiger partial charge in [-0.2, -0.15) is 5.26 Å². The molecule has 1 heterocycles. The summed E-state index contributed by atoms with van der Waals surface area (Å²) in [5.74, 6) is 0.0415. The zero-order valence-electron chi connectivity index (χ0n) is 20.1. The number of ether oxygens (including phenoxy) is 1. The van der Waals surface area contributed by atoms with Crippen molar-refractivity contribution in [3.63, 3.8) is 0 Å². The van der Waals surface area contributed by atoms with Crippen LogP contribution in [0.15, 0.2) is 72.3 Å². The average Bonchev–Trinajstić information content (AvgIpc) is 3.48.